The fourth-order valence-corrected chi connectivity index (χ4v) is 6.10. The number of carbonyl (C=O) groups excluding carboxylic acids is 1. The molecule has 0 aliphatic carbocycles. The van der Waals surface area contributed by atoms with Crippen molar-refractivity contribution in [3.05, 3.63) is 71.2 Å². The number of fused-ring (bicyclic) bond motifs is 4. The second-order valence-electron chi connectivity index (χ2n) is 9.59. The molecule has 0 unspecified atom stereocenters. The summed E-state index contributed by atoms with van der Waals surface area (Å²) in [5.41, 5.74) is 4.98. The summed E-state index contributed by atoms with van der Waals surface area (Å²) < 4.78 is 27.2. The molecule has 3 aromatic carbocycles. The number of nitrogens with one attached hydrogen (secondary N) is 1. The molecule has 2 amide bonds. The van der Waals surface area contributed by atoms with E-state index in [0.717, 1.165) is 20.7 Å². The molecule has 0 spiro atoms. The second kappa shape index (κ2) is 10.3. The average Bonchev–Trinajstić information content (AvgIpc) is 3.59. The van der Waals surface area contributed by atoms with Gasteiger partial charge in [-0.25, -0.2) is 24.1 Å². The number of hydrogen-bond acceptors (Lipinski definition) is 8. The Kier molecular flexibility index (Phi) is 6.62. The first kappa shape index (κ1) is 26.4. The van der Waals surface area contributed by atoms with Crippen LogP contribution in [0.15, 0.2) is 48.7 Å². The molecule has 41 heavy (non-hydrogen) atoms. The maximum Gasteiger partial charge on any atom is 0.411 e. The number of anilines is 1. The molecule has 2 N–H and O–H groups in total. The minimum atomic E-state index is -1.19. The van der Waals surface area contributed by atoms with Crippen molar-refractivity contribution in [2.75, 3.05) is 25.6 Å². The third-order valence-electron chi connectivity index (χ3n) is 6.89. The van der Waals surface area contributed by atoms with Crippen LogP contribution in [0.25, 0.3) is 31.8 Å². The van der Waals surface area contributed by atoms with Gasteiger partial charge >= 0.3 is 6.09 Å². The van der Waals surface area contributed by atoms with Crippen LogP contribution >= 0.6 is 11.3 Å². The van der Waals surface area contributed by atoms with Gasteiger partial charge in [0.25, 0.3) is 5.91 Å². The minimum Gasteiger partial charge on any atom is -0.485 e. The van der Waals surface area contributed by atoms with E-state index in [4.69, 9.17) is 14.5 Å². The van der Waals surface area contributed by atoms with Gasteiger partial charge < -0.3 is 19.9 Å². The quantitative estimate of drug-likeness (QED) is 0.284. The molecular formula is C29H24FN5O5S. The van der Waals surface area contributed by atoms with Crippen LogP contribution in [0.4, 0.5) is 14.9 Å². The van der Waals surface area contributed by atoms with Gasteiger partial charge in [0.15, 0.2) is 11.6 Å². The normalized spacial score (nSPS) is 14.1. The average molecular weight is 574 g/mol. The van der Waals surface area contributed by atoms with Crippen molar-refractivity contribution in [3.63, 3.8) is 0 Å². The number of thiazole rings is 1. The van der Waals surface area contributed by atoms with Gasteiger partial charge in [0.05, 0.1) is 41.1 Å². The molecule has 0 radical (unpaired) electrons. The van der Waals surface area contributed by atoms with Crippen LogP contribution in [-0.4, -0.2) is 58.9 Å². The zero-order valence-corrected chi connectivity index (χ0v) is 23.1. The maximum atomic E-state index is 15.2. The SMILES string of the molecule is CNC(=O)c1ccc(N(C[C@H]2Cc3c(c(F)cc4nc(-c5cc(C)cc6nc(OC)cnc56)sc34)O2)C(=O)O)cc1. The molecule has 1 aliphatic heterocycles. The van der Waals surface area contributed by atoms with Gasteiger partial charge in [0.2, 0.25) is 5.88 Å². The lowest BCUT2D eigenvalue weighted by Crippen LogP contribution is -2.38. The van der Waals surface area contributed by atoms with E-state index in [0.29, 0.717) is 50.7 Å². The van der Waals surface area contributed by atoms with Crippen molar-refractivity contribution in [1.29, 1.82) is 0 Å². The number of benzene rings is 3. The van der Waals surface area contributed by atoms with Gasteiger partial charge in [-0.1, -0.05) is 0 Å². The van der Waals surface area contributed by atoms with E-state index < -0.39 is 18.0 Å². The lowest BCUT2D eigenvalue weighted by Gasteiger charge is -2.23. The van der Waals surface area contributed by atoms with Crippen molar-refractivity contribution >= 4 is 50.3 Å². The van der Waals surface area contributed by atoms with Crippen LogP contribution in [0.1, 0.15) is 21.5 Å². The number of carboxylic acid groups (broad SMARTS) is 1. The molecule has 10 nitrogen and oxygen atoms in total. The monoisotopic (exact) mass is 573 g/mol. The van der Waals surface area contributed by atoms with E-state index in [2.05, 4.69) is 15.3 Å². The number of halogens is 1. The van der Waals surface area contributed by atoms with Crippen molar-refractivity contribution < 1.29 is 28.6 Å². The lowest BCUT2D eigenvalue weighted by molar-refractivity contribution is 0.0963. The number of carbonyl (C=O) groups is 2. The van der Waals surface area contributed by atoms with Gasteiger partial charge in [0, 0.05) is 41.9 Å². The van der Waals surface area contributed by atoms with Crippen LogP contribution in [0.3, 0.4) is 0 Å². The Morgan fingerprint density at radius 2 is 1.98 bits per heavy atom. The maximum absolute atomic E-state index is 15.2. The highest BCUT2D eigenvalue weighted by Crippen LogP contribution is 2.43. The molecule has 208 valence electrons. The summed E-state index contributed by atoms with van der Waals surface area (Å²) in [6.07, 6.45) is 0.0390. The largest absolute Gasteiger partial charge is 0.485 e. The van der Waals surface area contributed by atoms with Crippen molar-refractivity contribution in [1.82, 2.24) is 20.3 Å². The summed E-state index contributed by atoms with van der Waals surface area (Å²) in [6.45, 7) is 1.92. The summed E-state index contributed by atoms with van der Waals surface area (Å²) in [5.74, 6) is -0.319. The summed E-state index contributed by atoms with van der Waals surface area (Å²) in [7, 11) is 3.05. The Hall–Kier alpha value is -4.84. The highest BCUT2D eigenvalue weighted by molar-refractivity contribution is 7.22. The smallest absolute Gasteiger partial charge is 0.411 e. The van der Waals surface area contributed by atoms with Crippen LogP contribution in [0.2, 0.25) is 0 Å². The van der Waals surface area contributed by atoms with Crippen LogP contribution < -0.4 is 19.7 Å². The number of aryl methyl sites for hydroxylation is 1. The molecule has 1 atom stereocenters. The molecule has 6 rings (SSSR count). The Morgan fingerprint density at radius 3 is 2.68 bits per heavy atom. The molecule has 0 saturated carbocycles. The molecule has 2 aromatic heterocycles. The molecular weight excluding hydrogens is 549 g/mol. The fraction of sp³-hybridized carbons (Fsp3) is 0.207. The Labute approximate surface area is 237 Å². The van der Waals surface area contributed by atoms with E-state index in [1.807, 2.05) is 19.1 Å². The van der Waals surface area contributed by atoms with E-state index in [1.54, 1.807) is 30.5 Å². The number of amides is 2. The second-order valence-corrected chi connectivity index (χ2v) is 10.6. The van der Waals surface area contributed by atoms with Crippen molar-refractivity contribution in [2.24, 2.45) is 0 Å². The predicted molar refractivity (Wildman–Crippen MR) is 153 cm³/mol. The van der Waals surface area contributed by atoms with Crippen molar-refractivity contribution in [2.45, 2.75) is 19.4 Å². The zero-order chi connectivity index (χ0) is 28.8. The van der Waals surface area contributed by atoms with E-state index in [9.17, 15) is 14.7 Å². The number of ether oxygens (including phenoxy) is 2. The number of nitrogens with zero attached hydrogens (tertiary/aromatic N) is 4. The highest BCUT2D eigenvalue weighted by atomic mass is 32.1. The third kappa shape index (κ3) is 4.76. The van der Waals surface area contributed by atoms with Crippen LogP contribution in [0, 0.1) is 12.7 Å². The molecule has 0 saturated heterocycles. The first-order valence-corrected chi connectivity index (χ1v) is 13.5. The Bertz CT molecular complexity index is 1840. The molecule has 1 aliphatic rings. The van der Waals surface area contributed by atoms with Crippen molar-refractivity contribution in [3.8, 4) is 22.2 Å². The van der Waals surface area contributed by atoms with E-state index in [1.165, 1.54) is 31.6 Å². The molecule has 5 aromatic rings. The molecule has 3 heterocycles. The van der Waals surface area contributed by atoms with Crippen LogP contribution in [0.5, 0.6) is 11.6 Å². The molecule has 0 fully saturated rings. The first-order valence-electron chi connectivity index (χ1n) is 12.7. The number of aromatic nitrogens is 3. The van der Waals surface area contributed by atoms with Gasteiger partial charge in [-0.05, 0) is 48.9 Å². The number of methoxy groups -OCH3 is 1. The first-order chi connectivity index (χ1) is 19.7. The van der Waals surface area contributed by atoms with E-state index >= 15 is 4.39 Å². The van der Waals surface area contributed by atoms with Gasteiger partial charge in [0.1, 0.15) is 11.1 Å². The zero-order valence-electron chi connectivity index (χ0n) is 22.3. The summed E-state index contributed by atoms with van der Waals surface area (Å²) in [6, 6.07) is 11.4. The Morgan fingerprint density at radius 1 is 1.20 bits per heavy atom. The summed E-state index contributed by atoms with van der Waals surface area (Å²) in [4.78, 5) is 38.9. The van der Waals surface area contributed by atoms with Gasteiger partial charge in [-0.2, -0.15) is 0 Å². The summed E-state index contributed by atoms with van der Waals surface area (Å²) >= 11 is 1.40. The lowest BCUT2D eigenvalue weighted by atomic mass is 10.1. The standard InChI is InChI=1S/C29H24FN5O5S/c1-14-8-18(24-21(9-14)33-23(39-3)12-32-24)28-34-22-11-20(30)25-19(26(22)41-28)10-17(40-25)13-35(29(37)38)16-6-4-15(5-7-16)27(36)31-2/h4-9,11-12,17H,10,13H2,1-3H3,(H,31,36)(H,37,38)/t17-/m1/s1. The van der Waals surface area contributed by atoms with Crippen LogP contribution in [-0.2, 0) is 6.42 Å². The Balaban J connectivity index is 1.33. The molecule has 0 bridgehead atoms. The fourth-order valence-electron chi connectivity index (χ4n) is 4.99. The molecule has 12 heteroatoms. The van der Waals surface area contributed by atoms with E-state index in [-0.39, 0.29) is 18.2 Å². The topological polar surface area (TPSA) is 127 Å². The van der Waals surface area contributed by atoms with Gasteiger partial charge in [-0.3, -0.25) is 9.69 Å². The minimum absolute atomic E-state index is 0.0319. The third-order valence-corrected chi connectivity index (χ3v) is 8.06. The predicted octanol–water partition coefficient (Wildman–Crippen LogP) is 5.21. The highest BCUT2D eigenvalue weighted by Gasteiger charge is 2.33. The number of rotatable bonds is 6. The number of hydrogen-bond donors (Lipinski definition) is 2. The summed E-state index contributed by atoms with van der Waals surface area (Å²) in [5, 5.41) is 13.1. The van der Waals surface area contributed by atoms with Gasteiger partial charge in [-0.15, -0.1) is 11.3 Å².